The van der Waals surface area contributed by atoms with E-state index >= 15 is 0 Å². The first-order valence-electron chi connectivity index (χ1n) is 7.61. The first kappa shape index (κ1) is 14.9. The highest BCUT2D eigenvalue weighted by Crippen LogP contribution is 2.32. The van der Waals surface area contributed by atoms with Crippen molar-refractivity contribution in [3.63, 3.8) is 0 Å². The predicted molar refractivity (Wildman–Crippen MR) is 88.5 cm³/mol. The molecule has 0 aliphatic carbocycles. The Labute approximate surface area is 139 Å². The summed E-state index contributed by atoms with van der Waals surface area (Å²) < 4.78 is 26.1. The Bertz CT molecular complexity index is 1010. The molecule has 1 aliphatic heterocycles. The van der Waals surface area contributed by atoms with Gasteiger partial charge in [-0.3, -0.25) is 4.79 Å². The lowest BCUT2D eigenvalue weighted by Crippen LogP contribution is -2.34. The number of aromatic nitrogens is 2. The van der Waals surface area contributed by atoms with Gasteiger partial charge in [-0.15, -0.1) is 0 Å². The van der Waals surface area contributed by atoms with E-state index in [-0.39, 0.29) is 17.7 Å². The van der Waals surface area contributed by atoms with Crippen LogP contribution in [0, 0.1) is 0 Å². The number of amides is 1. The molecule has 0 bridgehead atoms. The van der Waals surface area contributed by atoms with Crippen LogP contribution in [0.3, 0.4) is 0 Å². The third-order valence-corrected chi connectivity index (χ3v) is 6.02. The summed E-state index contributed by atoms with van der Waals surface area (Å²) in [5.41, 5.74) is 1.64. The van der Waals surface area contributed by atoms with E-state index in [1.165, 1.54) is 0 Å². The molecule has 1 unspecified atom stereocenters. The van der Waals surface area contributed by atoms with Crippen LogP contribution in [0.2, 0.25) is 0 Å². The molecule has 1 aromatic carbocycles. The van der Waals surface area contributed by atoms with Crippen LogP contribution < -0.4 is 5.32 Å². The van der Waals surface area contributed by atoms with Gasteiger partial charge in [-0.1, -0.05) is 24.3 Å². The minimum absolute atomic E-state index is 0.0279. The van der Waals surface area contributed by atoms with E-state index < -0.39 is 9.84 Å². The maximum absolute atomic E-state index is 12.5. The molecule has 3 aromatic rings. The molecule has 0 spiro atoms. The number of nitrogens with one attached hydrogen (secondary N) is 1. The summed E-state index contributed by atoms with van der Waals surface area (Å²) in [6, 6.07) is 12.0. The molecule has 0 saturated heterocycles. The second-order valence-electron chi connectivity index (χ2n) is 5.76. The first-order chi connectivity index (χ1) is 11.5. The smallest absolute Gasteiger partial charge is 0.271 e. The molecule has 0 fully saturated rings. The predicted octanol–water partition coefficient (Wildman–Crippen LogP) is 1.98. The van der Waals surface area contributed by atoms with E-state index in [1.807, 2.05) is 24.4 Å². The standard InChI is InChI=1S/C17H15N3O3S/c21-17(14-11-20-9-4-3-7-16(20)18-14)19-13-8-10-24(22,23)15-6-2-1-5-12(13)15/h1-7,9,11,13H,8,10H2,(H,19,21). The van der Waals surface area contributed by atoms with E-state index in [4.69, 9.17) is 0 Å². The zero-order chi connectivity index (χ0) is 16.7. The topological polar surface area (TPSA) is 80.5 Å². The molecule has 0 radical (unpaired) electrons. The van der Waals surface area contributed by atoms with Gasteiger partial charge < -0.3 is 9.72 Å². The summed E-state index contributed by atoms with van der Waals surface area (Å²) in [4.78, 5) is 17.1. The molecule has 1 atom stereocenters. The quantitative estimate of drug-likeness (QED) is 0.773. The van der Waals surface area contributed by atoms with E-state index in [1.54, 1.807) is 34.9 Å². The van der Waals surface area contributed by atoms with Gasteiger partial charge in [-0.25, -0.2) is 13.4 Å². The van der Waals surface area contributed by atoms with Crippen molar-refractivity contribution in [2.45, 2.75) is 17.4 Å². The van der Waals surface area contributed by atoms with E-state index in [0.717, 1.165) is 0 Å². The molecular weight excluding hydrogens is 326 g/mol. The van der Waals surface area contributed by atoms with Crippen LogP contribution in [0.4, 0.5) is 0 Å². The molecule has 4 rings (SSSR count). The number of rotatable bonds is 2. The van der Waals surface area contributed by atoms with Crippen molar-refractivity contribution in [3.05, 3.63) is 66.1 Å². The second-order valence-corrected chi connectivity index (χ2v) is 7.84. The van der Waals surface area contributed by atoms with Gasteiger partial charge in [0.25, 0.3) is 5.91 Å². The molecule has 24 heavy (non-hydrogen) atoms. The molecule has 1 N–H and O–H groups in total. The maximum Gasteiger partial charge on any atom is 0.271 e. The van der Waals surface area contributed by atoms with Crippen LogP contribution in [-0.4, -0.2) is 29.5 Å². The zero-order valence-corrected chi connectivity index (χ0v) is 13.5. The third-order valence-electron chi connectivity index (χ3n) is 4.21. The van der Waals surface area contributed by atoms with Crippen molar-refractivity contribution in [2.24, 2.45) is 0 Å². The Morgan fingerprint density at radius 2 is 1.96 bits per heavy atom. The Morgan fingerprint density at radius 3 is 2.79 bits per heavy atom. The maximum atomic E-state index is 12.5. The number of fused-ring (bicyclic) bond motifs is 2. The van der Waals surface area contributed by atoms with Crippen LogP contribution in [0.25, 0.3) is 5.65 Å². The van der Waals surface area contributed by atoms with Crippen LogP contribution in [0.5, 0.6) is 0 Å². The zero-order valence-electron chi connectivity index (χ0n) is 12.7. The highest BCUT2D eigenvalue weighted by Gasteiger charge is 2.31. The summed E-state index contributed by atoms with van der Waals surface area (Å²) in [6.45, 7) is 0. The Hall–Kier alpha value is -2.67. The van der Waals surface area contributed by atoms with Gasteiger partial charge in [0.1, 0.15) is 11.3 Å². The number of sulfone groups is 1. The molecule has 1 amide bonds. The summed E-state index contributed by atoms with van der Waals surface area (Å²) >= 11 is 0. The monoisotopic (exact) mass is 341 g/mol. The molecule has 6 nitrogen and oxygen atoms in total. The van der Waals surface area contributed by atoms with Crippen LogP contribution >= 0.6 is 0 Å². The lowest BCUT2D eigenvalue weighted by atomic mass is 10.0. The second kappa shape index (κ2) is 5.45. The van der Waals surface area contributed by atoms with Crippen molar-refractivity contribution in [1.82, 2.24) is 14.7 Å². The lowest BCUT2D eigenvalue weighted by Gasteiger charge is -2.25. The fourth-order valence-electron chi connectivity index (χ4n) is 3.02. The number of carbonyl (C=O) groups is 1. The summed E-state index contributed by atoms with van der Waals surface area (Å²) in [5, 5.41) is 2.91. The molecule has 2 aromatic heterocycles. The number of hydrogen-bond donors (Lipinski definition) is 1. The van der Waals surface area contributed by atoms with Gasteiger partial charge in [0, 0.05) is 12.4 Å². The number of hydrogen-bond acceptors (Lipinski definition) is 4. The molecule has 1 aliphatic rings. The van der Waals surface area contributed by atoms with Crippen molar-refractivity contribution in [1.29, 1.82) is 0 Å². The highest BCUT2D eigenvalue weighted by atomic mass is 32.2. The summed E-state index contributed by atoms with van der Waals surface area (Å²) in [5.74, 6) is -0.280. The number of carbonyl (C=O) groups excluding carboxylic acids is 1. The average molecular weight is 341 g/mol. The summed E-state index contributed by atoms with van der Waals surface area (Å²) in [7, 11) is -3.27. The largest absolute Gasteiger partial charge is 0.344 e. The number of imidazole rings is 1. The lowest BCUT2D eigenvalue weighted by molar-refractivity contribution is 0.0930. The fourth-order valence-corrected chi connectivity index (χ4v) is 4.64. The van der Waals surface area contributed by atoms with E-state index in [0.29, 0.717) is 28.2 Å². The van der Waals surface area contributed by atoms with Gasteiger partial charge in [-0.05, 0) is 30.2 Å². The van der Waals surface area contributed by atoms with Crippen molar-refractivity contribution < 1.29 is 13.2 Å². The van der Waals surface area contributed by atoms with Crippen LogP contribution in [0.1, 0.15) is 28.5 Å². The van der Waals surface area contributed by atoms with Gasteiger partial charge >= 0.3 is 0 Å². The van der Waals surface area contributed by atoms with Crippen molar-refractivity contribution in [3.8, 4) is 0 Å². The molecule has 0 saturated carbocycles. The van der Waals surface area contributed by atoms with Crippen molar-refractivity contribution in [2.75, 3.05) is 5.75 Å². The van der Waals surface area contributed by atoms with Gasteiger partial charge in [0.15, 0.2) is 9.84 Å². The Kier molecular flexibility index (Phi) is 3.38. The van der Waals surface area contributed by atoms with E-state index in [2.05, 4.69) is 10.3 Å². The van der Waals surface area contributed by atoms with Crippen LogP contribution in [0.15, 0.2) is 59.8 Å². The normalized spacial score (nSPS) is 18.9. The first-order valence-corrected chi connectivity index (χ1v) is 9.26. The van der Waals surface area contributed by atoms with Crippen molar-refractivity contribution >= 4 is 21.4 Å². The van der Waals surface area contributed by atoms with Gasteiger partial charge in [0.05, 0.1) is 16.7 Å². The van der Waals surface area contributed by atoms with Gasteiger partial charge in [-0.2, -0.15) is 0 Å². The fraction of sp³-hybridized carbons (Fsp3) is 0.176. The molecule has 3 heterocycles. The summed E-state index contributed by atoms with van der Waals surface area (Å²) in [6.07, 6.45) is 3.84. The number of pyridine rings is 1. The van der Waals surface area contributed by atoms with Crippen LogP contribution in [-0.2, 0) is 9.84 Å². The third kappa shape index (κ3) is 2.46. The number of nitrogens with zero attached hydrogens (tertiary/aromatic N) is 2. The van der Waals surface area contributed by atoms with Gasteiger partial charge in [0.2, 0.25) is 0 Å². The Morgan fingerprint density at radius 1 is 1.17 bits per heavy atom. The SMILES string of the molecule is O=C(NC1CCS(=O)(=O)c2ccccc21)c1cn2ccccc2n1. The minimum atomic E-state index is -3.27. The average Bonchev–Trinajstić information content (AvgIpc) is 3.02. The van der Waals surface area contributed by atoms with E-state index in [9.17, 15) is 13.2 Å². The highest BCUT2D eigenvalue weighted by molar-refractivity contribution is 7.91. The number of benzene rings is 1. The molecule has 7 heteroatoms. The Balaban J connectivity index is 1.64. The molecule has 122 valence electrons. The minimum Gasteiger partial charge on any atom is -0.344 e. The molecular formula is C17H15N3O3S.